The van der Waals surface area contributed by atoms with Crippen molar-refractivity contribution in [2.75, 3.05) is 12.8 Å². The van der Waals surface area contributed by atoms with Gasteiger partial charge in [-0.15, -0.1) is 0 Å². The standard InChI is InChI=1S/C14H11ClN2O7/c1-24-5-3-2-4(10(18)9(5)15)6-7(13(20)21)11(16)17-12(19)8(6)14(22)23/h2-3,18H,1H3,(H,20,21)(H,22,23)(H3,16,17,19). The molecule has 0 saturated carbocycles. The Balaban J connectivity index is 3.03. The number of phenols is 1. The Bertz CT molecular complexity index is 920. The van der Waals surface area contributed by atoms with Crippen LogP contribution in [0.5, 0.6) is 11.5 Å². The number of methoxy groups -OCH3 is 1. The van der Waals surface area contributed by atoms with Crippen molar-refractivity contribution in [1.29, 1.82) is 0 Å². The maximum Gasteiger partial charge on any atom is 0.342 e. The van der Waals surface area contributed by atoms with Crippen molar-refractivity contribution in [1.82, 2.24) is 4.98 Å². The van der Waals surface area contributed by atoms with Crippen molar-refractivity contribution in [3.8, 4) is 22.6 Å². The number of benzene rings is 1. The number of anilines is 1. The summed E-state index contributed by atoms with van der Waals surface area (Å²) in [4.78, 5) is 36.8. The molecule has 10 heteroatoms. The third kappa shape index (κ3) is 2.61. The van der Waals surface area contributed by atoms with Crippen LogP contribution in [0.1, 0.15) is 20.7 Å². The summed E-state index contributed by atoms with van der Waals surface area (Å²) in [7, 11) is 1.29. The van der Waals surface area contributed by atoms with E-state index >= 15 is 0 Å². The van der Waals surface area contributed by atoms with Crippen LogP contribution in [-0.2, 0) is 0 Å². The Hall–Kier alpha value is -3.20. The molecule has 1 heterocycles. The molecule has 6 N–H and O–H groups in total. The first-order valence-corrected chi connectivity index (χ1v) is 6.66. The highest BCUT2D eigenvalue weighted by atomic mass is 35.5. The fourth-order valence-corrected chi connectivity index (χ4v) is 2.46. The molecular formula is C14H11ClN2O7. The molecule has 0 bridgehead atoms. The van der Waals surface area contributed by atoms with Gasteiger partial charge < -0.3 is 30.8 Å². The van der Waals surface area contributed by atoms with Gasteiger partial charge in [0.25, 0.3) is 5.56 Å². The summed E-state index contributed by atoms with van der Waals surface area (Å²) in [5.41, 5.74) is 1.98. The molecule has 2 rings (SSSR count). The lowest BCUT2D eigenvalue weighted by molar-refractivity contribution is 0.0695. The number of H-pyrrole nitrogens is 1. The normalized spacial score (nSPS) is 10.4. The molecule has 1 aromatic carbocycles. The first kappa shape index (κ1) is 17.2. The molecule has 0 aliphatic heterocycles. The van der Waals surface area contributed by atoms with Gasteiger partial charge >= 0.3 is 11.9 Å². The highest BCUT2D eigenvalue weighted by molar-refractivity contribution is 6.34. The van der Waals surface area contributed by atoms with Crippen LogP contribution in [0.4, 0.5) is 5.82 Å². The van der Waals surface area contributed by atoms with E-state index in [9.17, 15) is 29.7 Å². The Kier molecular flexibility index (Phi) is 4.38. The Labute approximate surface area is 138 Å². The van der Waals surface area contributed by atoms with Gasteiger partial charge in [-0.05, 0) is 12.1 Å². The molecule has 1 aromatic heterocycles. The molecule has 0 aliphatic carbocycles. The fraction of sp³-hybridized carbons (Fsp3) is 0.0714. The second-order valence-electron chi connectivity index (χ2n) is 4.58. The van der Waals surface area contributed by atoms with Gasteiger partial charge in [0, 0.05) is 11.1 Å². The monoisotopic (exact) mass is 354 g/mol. The van der Waals surface area contributed by atoms with E-state index in [1.54, 1.807) is 0 Å². The molecule has 0 atom stereocenters. The number of halogens is 1. The van der Waals surface area contributed by atoms with E-state index in [-0.39, 0.29) is 16.3 Å². The van der Waals surface area contributed by atoms with Crippen LogP contribution in [0.3, 0.4) is 0 Å². The van der Waals surface area contributed by atoms with Crippen LogP contribution in [-0.4, -0.2) is 39.4 Å². The number of aromatic hydroxyl groups is 1. The maximum absolute atomic E-state index is 11.9. The molecule has 2 aromatic rings. The number of aromatic nitrogens is 1. The second-order valence-corrected chi connectivity index (χ2v) is 4.96. The number of hydrogen-bond donors (Lipinski definition) is 5. The van der Waals surface area contributed by atoms with E-state index in [1.807, 2.05) is 4.98 Å². The lowest BCUT2D eigenvalue weighted by Crippen LogP contribution is -2.24. The van der Waals surface area contributed by atoms with Crippen molar-refractivity contribution >= 4 is 29.4 Å². The molecule has 0 amide bonds. The highest BCUT2D eigenvalue weighted by Crippen LogP contribution is 2.43. The average Bonchev–Trinajstić information content (AvgIpc) is 2.48. The van der Waals surface area contributed by atoms with Gasteiger partial charge in [0.2, 0.25) is 0 Å². The van der Waals surface area contributed by atoms with E-state index in [2.05, 4.69) is 0 Å². The number of carboxylic acid groups (broad SMARTS) is 2. The second kappa shape index (κ2) is 6.13. The molecule has 0 unspecified atom stereocenters. The number of phenolic OH excluding ortho intramolecular Hbond substituents is 1. The number of ether oxygens (including phenoxy) is 1. The van der Waals surface area contributed by atoms with Crippen LogP contribution in [0.25, 0.3) is 11.1 Å². The molecule has 0 fully saturated rings. The van der Waals surface area contributed by atoms with E-state index in [4.69, 9.17) is 22.1 Å². The van der Waals surface area contributed by atoms with Gasteiger partial charge in [-0.2, -0.15) is 0 Å². The van der Waals surface area contributed by atoms with Crippen LogP contribution < -0.4 is 16.0 Å². The van der Waals surface area contributed by atoms with Crippen molar-refractivity contribution in [3.05, 3.63) is 38.6 Å². The lowest BCUT2D eigenvalue weighted by atomic mass is 9.94. The van der Waals surface area contributed by atoms with Gasteiger partial charge in [-0.25, -0.2) is 9.59 Å². The molecule has 0 spiro atoms. The fourth-order valence-electron chi connectivity index (χ4n) is 2.22. The zero-order chi connectivity index (χ0) is 18.2. The summed E-state index contributed by atoms with van der Waals surface area (Å²) in [6, 6.07) is 2.46. The summed E-state index contributed by atoms with van der Waals surface area (Å²) >= 11 is 5.90. The average molecular weight is 355 g/mol. The van der Waals surface area contributed by atoms with E-state index in [0.29, 0.717) is 0 Å². The highest BCUT2D eigenvalue weighted by Gasteiger charge is 2.29. The molecule has 0 saturated heterocycles. The molecule has 0 aliphatic rings. The van der Waals surface area contributed by atoms with E-state index in [1.165, 1.54) is 19.2 Å². The predicted molar refractivity (Wildman–Crippen MR) is 84.1 cm³/mol. The predicted octanol–water partition coefficient (Wildman–Crippen LogP) is 1.39. The zero-order valence-corrected chi connectivity index (χ0v) is 12.8. The number of aromatic carboxylic acids is 2. The number of carbonyl (C=O) groups is 2. The number of rotatable bonds is 4. The van der Waals surface area contributed by atoms with Crippen LogP contribution >= 0.6 is 11.6 Å². The van der Waals surface area contributed by atoms with Crippen LogP contribution in [0, 0.1) is 0 Å². The minimum absolute atomic E-state index is 0.0736. The van der Waals surface area contributed by atoms with Gasteiger partial charge in [0.1, 0.15) is 33.5 Å². The van der Waals surface area contributed by atoms with Crippen molar-refractivity contribution in [2.24, 2.45) is 0 Å². The van der Waals surface area contributed by atoms with E-state index in [0.717, 1.165) is 0 Å². The summed E-state index contributed by atoms with van der Waals surface area (Å²) in [5.74, 6) is -4.41. The van der Waals surface area contributed by atoms with Crippen molar-refractivity contribution in [2.45, 2.75) is 0 Å². The first-order chi connectivity index (χ1) is 11.2. The van der Waals surface area contributed by atoms with Gasteiger partial charge in [0.15, 0.2) is 0 Å². The number of pyridine rings is 1. The summed E-state index contributed by atoms with van der Waals surface area (Å²) in [6.07, 6.45) is 0. The smallest absolute Gasteiger partial charge is 0.342 e. The van der Waals surface area contributed by atoms with Crippen LogP contribution in [0.2, 0.25) is 5.02 Å². The minimum Gasteiger partial charge on any atom is -0.506 e. The zero-order valence-electron chi connectivity index (χ0n) is 12.1. The Morgan fingerprint density at radius 3 is 2.29 bits per heavy atom. The SMILES string of the molecule is COc1ccc(-c2c(C(=O)O)c(N)[nH]c(=O)c2C(=O)O)c(O)c1Cl. The molecular weight excluding hydrogens is 344 g/mol. The van der Waals surface area contributed by atoms with Crippen molar-refractivity contribution < 1.29 is 29.6 Å². The third-order valence-electron chi connectivity index (χ3n) is 3.24. The number of carboxylic acids is 2. The lowest BCUT2D eigenvalue weighted by Gasteiger charge is -2.15. The molecule has 126 valence electrons. The summed E-state index contributed by atoms with van der Waals surface area (Å²) in [6.45, 7) is 0. The van der Waals surface area contributed by atoms with Crippen molar-refractivity contribution in [3.63, 3.8) is 0 Å². The number of hydrogen-bond acceptors (Lipinski definition) is 6. The topological polar surface area (TPSA) is 163 Å². The van der Waals surface area contributed by atoms with Gasteiger partial charge in [-0.3, -0.25) is 4.79 Å². The van der Waals surface area contributed by atoms with Gasteiger partial charge in [-0.1, -0.05) is 11.6 Å². The largest absolute Gasteiger partial charge is 0.506 e. The Morgan fingerprint density at radius 1 is 1.21 bits per heavy atom. The molecule has 0 radical (unpaired) electrons. The van der Waals surface area contributed by atoms with Crippen LogP contribution in [0.15, 0.2) is 16.9 Å². The quantitative estimate of drug-likeness (QED) is 0.549. The summed E-state index contributed by atoms with van der Waals surface area (Å²) < 4.78 is 4.90. The molecule has 9 nitrogen and oxygen atoms in total. The maximum atomic E-state index is 11.9. The number of nitrogen functional groups attached to an aromatic ring is 1. The first-order valence-electron chi connectivity index (χ1n) is 6.28. The van der Waals surface area contributed by atoms with E-state index < -0.39 is 45.8 Å². The summed E-state index contributed by atoms with van der Waals surface area (Å²) in [5, 5.41) is 28.5. The number of aromatic amines is 1. The number of nitrogens with one attached hydrogen (secondary N) is 1. The minimum atomic E-state index is -1.69. The third-order valence-corrected chi connectivity index (χ3v) is 3.61. The number of nitrogens with two attached hydrogens (primary N) is 1. The Morgan fingerprint density at radius 2 is 1.79 bits per heavy atom. The molecule has 24 heavy (non-hydrogen) atoms. The van der Waals surface area contributed by atoms with Gasteiger partial charge in [0.05, 0.1) is 7.11 Å².